The molecule has 0 bridgehead atoms. The quantitative estimate of drug-likeness (QED) is 0.905. The second-order valence-electron chi connectivity index (χ2n) is 4.12. The number of thiazole rings is 1. The van der Waals surface area contributed by atoms with E-state index in [9.17, 15) is 0 Å². The van der Waals surface area contributed by atoms with Gasteiger partial charge in [-0.1, -0.05) is 29.8 Å². The highest BCUT2D eigenvalue weighted by Crippen LogP contribution is 2.30. The number of benzene rings is 1. The Morgan fingerprint density at radius 1 is 1.44 bits per heavy atom. The largest absolute Gasteiger partial charge is 0.327 e. The number of nitrogens with two attached hydrogens (primary N) is 1. The molecule has 2 rings (SSSR count). The second-order valence-corrected chi connectivity index (χ2v) is 6.41. The lowest BCUT2D eigenvalue weighted by molar-refractivity contribution is 0.847. The summed E-state index contributed by atoms with van der Waals surface area (Å²) in [6.45, 7) is 2.02. The topological polar surface area (TPSA) is 38.9 Å². The minimum absolute atomic E-state index is 0.233. The normalized spacial score (nSPS) is 12.6. The van der Waals surface area contributed by atoms with Crippen molar-refractivity contribution in [2.75, 3.05) is 5.75 Å². The van der Waals surface area contributed by atoms with E-state index >= 15 is 0 Å². The summed E-state index contributed by atoms with van der Waals surface area (Å²) in [6.07, 6.45) is 0. The van der Waals surface area contributed by atoms with Crippen LogP contribution in [0.2, 0.25) is 5.02 Å². The molecule has 0 aliphatic rings. The van der Waals surface area contributed by atoms with Crippen LogP contribution in [-0.2, 0) is 5.75 Å². The number of thioether (sulfide) groups is 1. The first-order valence-electron chi connectivity index (χ1n) is 5.69. The lowest BCUT2D eigenvalue weighted by Gasteiger charge is -2.02. The van der Waals surface area contributed by atoms with E-state index in [1.54, 1.807) is 11.3 Å². The maximum atomic E-state index is 6.16. The van der Waals surface area contributed by atoms with Crippen LogP contribution in [0.4, 0.5) is 0 Å². The standard InChI is InChI=1S/C13H15ClN2S2/c1-9(15)6-17-7-10-8-18-13(16-10)11-4-2-3-5-12(11)14/h2-5,8-9H,6-7,15H2,1H3. The van der Waals surface area contributed by atoms with Crippen LogP contribution in [0, 0.1) is 0 Å². The van der Waals surface area contributed by atoms with E-state index in [0.29, 0.717) is 0 Å². The van der Waals surface area contributed by atoms with Gasteiger partial charge in [-0.25, -0.2) is 4.98 Å². The SMILES string of the molecule is CC(N)CSCc1csc(-c2ccccc2Cl)n1. The molecule has 0 fully saturated rings. The third-order valence-electron chi connectivity index (χ3n) is 2.29. The van der Waals surface area contributed by atoms with E-state index < -0.39 is 0 Å². The van der Waals surface area contributed by atoms with Crippen LogP contribution in [-0.4, -0.2) is 16.8 Å². The summed E-state index contributed by atoms with van der Waals surface area (Å²) in [7, 11) is 0. The minimum atomic E-state index is 0.233. The van der Waals surface area contributed by atoms with Crippen LogP contribution in [0.15, 0.2) is 29.6 Å². The van der Waals surface area contributed by atoms with Crippen molar-refractivity contribution in [2.24, 2.45) is 5.73 Å². The zero-order valence-corrected chi connectivity index (χ0v) is 12.5. The zero-order chi connectivity index (χ0) is 13.0. The van der Waals surface area contributed by atoms with Crippen molar-refractivity contribution in [1.29, 1.82) is 0 Å². The molecule has 2 N–H and O–H groups in total. The lowest BCUT2D eigenvalue weighted by atomic mass is 10.2. The van der Waals surface area contributed by atoms with Crippen LogP contribution in [0.25, 0.3) is 10.6 Å². The molecule has 1 aromatic heterocycles. The summed E-state index contributed by atoms with van der Waals surface area (Å²) in [6, 6.07) is 8.03. The monoisotopic (exact) mass is 298 g/mol. The third kappa shape index (κ3) is 3.72. The summed E-state index contributed by atoms with van der Waals surface area (Å²) in [4.78, 5) is 4.61. The van der Waals surface area contributed by atoms with Crippen LogP contribution >= 0.6 is 34.7 Å². The first kappa shape index (κ1) is 13.9. The molecule has 0 radical (unpaired) electrons. The maximum Gasteiger partial charge on any atom is 0.125 e. The Balaban J connectivity index is 2.04. The van der Waals surface area contributed by atoms with Gasteiger partial charge in [0.05, 0.1) is 10.7 Å². The van der Waals surface area contributed by atoms with Crippen LogP contribution in [0.3, 0.4) is 0 Å². The van der Waals surface area contributed by atoms with Crippen LogP contribution in [0.1, 0.15) is 12.6 Å². The molecular weight excluding hydrogens is 284 g/mol. The number of rotatable bonds is 5. The predicted molar refractivity (Wildman–Crippen MR) is 82.4 cm³/mol. The van der Waals surface area contributed by atoms with Gasteiger partial charge in [0.25, 0.3) is 0 Å². The Hall–Kier alpha value is -0.550. The molecule has 0 aliphatic carbocycles. The zero-order valence-electron chi connectivity index (χ0n) is 10.1. The summed E-state index contributed by atoms with van der Waals surface area (Å²) in [5.74, 6) is 1.86. The Kier molecular flexibility index (Phi) is 5.06. The summed E-state index contributed by atoms with van der Waals surface area (Å²) in [5.41, 5.74) is 7.82. The first-order chi connectivity index (χ1) is 8.66. The van der Waals surface area contributed by atoms with Crippen molar-refractivity contribution in [1.82, 2.24) is 4.98 Å². The van der Waals surface area contributed by atoms with Gasteiger partial charge in [-0.15, -0.1) is 11.3 Å². The average molecular weight is 299 g/mol. The average Bonchev–Trinajstić information content (AvgIpc) is 2.78. The van der Waals surface area contributed by atoms with Crippen LogP contribution < -0.4 is 5.73 Å². The van der Waals surface area contributed by atoms with Crippen LogP contribution in [0.5, 0.6) is 0 Å². The summed E-state index contributed by atoms with van der Waals surface area (Å²) in [5, 5.41) is 3.82. The Morgan fingerprint density at radius 2 is 2.22 bits per heavy atom. The summed E-state index contributed by atoms with van der Waals surface area (Å²) < 4.78 is 0. The number of aromatic nitrogens is 1. The molecule has 5 heteroatoms. The van der Waals surface area contributed by atoms with Crippen molar-refractivity contribution in [3.05, 3.63) is 40.4 Å². The molecule has 0 aliphatic heterocycles. The minimum Gasteiger partial charge on any atom is -0.327 e. The Bertz CT molecular complexity index is 511. The fraction of sp³-hybridized carbons (Fsp3) is 0.308. The predicted octanol–water partition coefficient (Wildman–Crippen LogP) is 4.04. The van der Waals surface area contributed by atoms with Gasteiger partial charge in [0.1, 0.15) is 5.01 Å². The highest BCUT2D eigenvalue weighted by atomic mass is 35.5. The van der Waals surface area contributed by atoms with Crippen molar-refractivity contribution in [2.45, 2.75) is 18.7 Å². The molecule has 0 amide bonds. The molecule has 2 aromatic rings. The van der Waals surface area contributed by atoms with E-state index in [4.69, 9.17) is 17.3 Å². The molecule has 1 aromatic carbocycles. The van der Waals surface area contributed by atoms with Gasteiger partial charge in [-0.2, -0.15) is 11.8 Å². The molecule has 1 unspecified atom stereocenters. The molecule has 0 spiro atoms. The molecule has 1 heterocycles. The first-order valence-corrected chi connectivity index (χ1v) is 8.10. The Labute approximate surface area is 121 Å². The summed E-state index contributed by atoms with van der Waals surface area (Å²) >= 11 is 9.61. The highest BCUT2D eigenvalue weighted by Gasteiger charge is 2.08. The van der Waals surface area contributed by atoms with Crippen molar-refractivity contribution in [3.63, 3.8) is 0 Å². The third-order valence-corrected chi connectivity index (χ3v) is 4.80. The van der Waals surface area contributed by atoms with E-state index in [-0.39, 0.29) is 6.04 Å². The molecule has 96 valence electrons. The van der Waals surface area contributed by atoms with E-state index in [2.05, 4.69) is 10.4 Å². The van der Waals surface area contributed by atoms with E-state index in [1.807, 2.05) is 43.0 Å². The van der Waals surface area contributed by atoms with Gasteiger partial charge in [0.15, 0.2) is 0 Å². The van der Waals surface area contributed by atoms with Gasteiger partial charge < -0.3 is 5.73 Å². The molecule has 2 nitrogen and oxygen atoms in total. The molecule has 0 saturated carbocycles. The van der Waals surface area contributed by atoms with Gasteiger partial charge in [-0.05, 0) is 13.0 Å². The smallest absolute Gasteiger partial charge is 0.125 e. The van der Waals surface area contributed by atoms with Gasteiger partial charge in [-0.3, -0.25) is 0 Å². The fourth-order valence-corrected chi connectivity index (χ4v) is 3.57. The lowest BCUT2D eigenvalue weighted by Crippen LogP contribution is -2.17. The van der Waals surface area contributed by atoms with Gasteiger partial charge >= 0.3 is 0 Å². The van der Waals surface area contributed by atoms with E-state index in [0.717, 1.165) is 32.8 Å². The highest BCUT2D eigenvalue weighted by molar-refractivity contribution is 7.98. The number of hydrogen-bond acceptors (Lipinski definition) is 4. The fourth-order valence-electron chi connectivity index (χ4n) is 1.48. The van der Waals surface area contributed by atoms with Crippen molar-refractivity contribution < 1.29 is 0 Å². The van der Waals surface area contributed by atoms with Gasteiger partial charge in [0, 0.05) is 28.5 Å². The van der Waals surface area contributed by atoms with Gasteiger partial charge in [0.2, 0.25) is 0 Å². The number of halogens is 1. The second kappa shape index (κ2) is 6.57. The molecule has 18 heavy (non-hydrogen) atoms. The Morgan fingerprint density at radius 3 is 2.94 bits per heavy atom. The molecular formula is C13H15ClN2S2. The molecule has 0 saturated heterocycles. The number of hydrogen-bond donors (Lipinski definition) is 1. The van der Waals surface area contributed by atoms with Crippen molar-refractivity contribution >= 4 is 34.7 Å². The number of nitrogens with zero attached hydrogens (tertiary/aromatic N) is 1. The maximum absolute atomic E-state index is 6.16. The molecule has 1 atom stereocenters. The van der Waals surface area contributed by atoms with Crippen molar-refractivity contribution in [3.8, 4) is 10.6 Å². The van der Waals surface area contributed by atoms with E-state index in [1.165, 1.54) is 0 Å².